The second kappa shape index (κ2) is 5.21. The van der Waals surface area contributed by atoms with Crippen LogP contribution in [0, 0.1) is 0 Å². The Balaban J connectivity index is 2.25. The molecule has 1 amide bonds. The van der Waals surface area contributed by atoms with Crippen LogP contribution in [0.25, 0.3) is 0 Å². The third kappa shape index (κ3) is 3.76. The largest absolute Gasteiger partial charge is 0.347 e. The second-order valence-corrected chi connectivity index (χ2v) is 3.20. The first-order valence-corrected chi connectivity index (χ1v) is 4.42. The van der Waals surface area contributed by atoms with Crippen LogP contribution in [-0.4, -0.2) is 32.0 Å². The van der Waals surface area contributed by atoms with Gasteiger partial charge >= 0.3 is 0 Å². The Morgan fingerprint density at radius 2 is 2.15 bits per heavy atom. The van der Waals surface area contributed by atoms with Crippen LogP contribution in [0.2, 0.25) is 0 Å². The number of rotatable bonds is 3. The van der Waals surface area contributed by atoms with Gasteiger partial charge in [0.2, 0.25) is 6.29 Å². The minimum absolute atomic E-state index is 0.240. The van der Waals surface area contributed by atoms with Crippen molar-refractivity contribution >= 4 is 17.5 Å². The molecular weight excluding hydrogens is 194 g/mol. The average Bonchev–Trinajstić information content (AvgIpc) is 2.15. The van der Waals surface area contributed by atoms with Crippen molar-refractivity contribution in [3.8, 4) is 0 Å². The summed E-state index contributed by atoms with van der Waals surface area (Å²) in [4.78, 5) is 11.2. The van der Waals surface area contributed by atoms with Gasteiger partial charge in [0, 0.05) is 5.03 Å². The fourth-order valence-electron chi connectivity index (χ4n) is 0.906. The van der Waals surface area contributed by atoms with Gasteiger partial charge in [-0.1, -0.05) is 18.2 Å². The average molecular weight is 206 g/mol. The maximum atomic E-state index is 11.2. The molecule has 0 aromatic heterocycles. The molecule has 0 aromatic rings. The normalized spacial score (nSPS) is 18.2. The molecule has 1 fully saturated rings. The predicted molar refractivity (Wildman–Crippen MR) is 48.3 cm³/mol. The molecule has 4 nitrogen and oxygen atoms in total. The number of carbonyl (C=O) groups is 1. The van der Waals surface area contributed by atoms with E-state index in [2.05, 4.69) is 11.9 Å². The van der Waals surface area contributed by atoms with Crippen molar-refractivity contribution < 1.29 is 14.3 Å². The maximum Gasteiger partial charge on any atom is 0.277 e. The molecule has 13 heavy (non-hydrogen) atoms. The van der Waals surface area contributed by atoms with Gasteiger partial charge in [0.1, 0.15) is 0 Å². The van der Waals surface area contributed by atoms with Crippen LogP contribution < -0.4 is 5.32 Å². The Kier molecular flexibility index (Phi) is 4.21. The van der Waals surface area contributed by atoms with E-state index >= 15 is 0 Å². The summed E-state index contributed by atoms with van der Waals surface area (Å²) in [6.07, 6.45) is 0.0381. The van der Waals surface area contributed by atoms with E-state index in [4.69, 9.17) is 21.1 Å². The molecule has 0 radical (unpaired) electrons. The number of hydrogen-bond donors (Lipinski definition) is 1. The molecule has 1 saturated heterocycles. The Hall–Kier alpha value is -0.580. The minimum atomic E-state index is -0.787. The molecule has 0 atom stereocenters. The molecule has 0 unspecified atom stereocenters. The third-order valence-electron chi connectivity index (χ3n) is 1.50. The second-order valence-electron chi connectivity index (χ2n) is 2.66. The zero-order chi connectivity index (χ0) is 9.68. The molecule has 0 spiro atoms. The fraction of sp³-hybridized carbons (Fsp3) is 0.625. The van der Waals surface area contributed by atoms with Crippen molar-refractivity contribution in [2.24, 2.45) is 0 Å². The predicted octanol–water partition coefficient (Wildman–Crippen LogP) is 0.618. The molecule has 0 aliphatic carbocycles. The Morgan fingerprint density at radius 1 is 1.54 bits per heavy atom. The summed E-state index contributed by atoms with van der Waals surface area (Å²) in [6.45, 7) is 4.79. The molecule has 1 heterocycles. The number of hydrogen-bond acceptors (Lipinski definition) is 3. The Bertz CT molecular complexity index is 202. The highest BCUT2D eigenvalue weighted by atomic mass is 35.5. The van der Waals surface area contributed by atoms with E-state index in [1.807, 2.05) is 0 Å². The highest BCUT2D eigenvalue weighted by Gasteiger charge is 2.22. The van der Waals surface area contributed by atoms with Crippen LogP contribution in [0.3, 0.4) is 0 Å². The quantitative estimate of drug-likeness (QED) is 0.735. The standard InChI is InChI=1S/C8H12ClNO3/c1-6(9)5-10-7(11)8-12-3-2-4-13-8/h8H,1-5H2,(H,10,11). The SMILES string of the molecule is C=C(Cl)CNC(=O)C1OCCCO1. The smallest absolute Gasteiger partial charge is 0.277 e. The van der Waals surface area contributed by atoms with Gasteiger partial charge in [0.15, 0.2) is 0 Å². The van der Waals surface area contributed by atoms with Gasteiger partial charge in [-0.2, -0.15) is 0 Å². The van der Waals surface area contributed by atoms with Gasteiger partial charge < -0.3 is 14.8 Å². The molecule has 1 N–H and O–H groups in total. The van der Waals surface area contributed by atoms with Gasteiger partial charge in [-0.25, -0.2) is 0 Å². The molecule has 1 rings (SSSR count). The maximum absolute atomic E-state index is 11.2. The van der Waals surface area contributed by atoms with Crippen LogP contribution in [0.15, 0.2) is 11.6 Å². The van der Waals surface area contributed by atoms with Crippen LogP contribution in [0.5, 0.6) is 0 Å². The monoisotopic (exact) mass is 205 g/mol. The van der Waals surface area contributed by atoms with Crippen molar-refractivity contribution in [2.45, 2.75) is 12.7 Å². The molecule has 0 bridgehead atoms. The van der Waals surface area contributed by atoms with Gasteiger partial charge in [0.25, 0.3) is 5.91 Å². The van der Waals surface area contributed by atoms with Crippen LogP contribution in [0.4, 0.5) is 0 Å². The van der Waals surface area contributed by atoms with Gasteiger partial charge in [0.05, 0.1) is 19.8 Å². The van der Waals surface area contributed by atoms with Gasteiger partial charge in [-0.15, -0.1) is 0 Å². The van der Waals surface area contributed by atoms with Gasteiger partial charge in [-0.3, -0.25) is 4.79 Å². The van der Waals surface area contributed by atoms with E-state index < -0.39 is 6.29 Å². The van der Waals surface area contributed by atoms with Crippen LogP contribution >= 0.6 is 11.6 Å². The lowest BCUT2D eigenvalue weighted by atomic mass is 10.4. The molecule has 1 aliphatic rings. The Morgan fingerprint density at radius 3 is 2.69 bits per heavy atom. The number of ether oxygens (including phenoxy) is 2. The zero-order valence-electron chi connectivity index (χ0n) is 7.22. The van der Waals surface area contributed by atoms with E-state index in [1.165, 1.54) is 0 Å². The lowest BCUT2D eigenvalue weighted by molar-refractivity contribution is -0.190. The molecule has 5 heteroatoms. The first-order valence-electron chi connectivity index (χ1n) is 4.04. The van der Waals surface area contributed by atoms with Crippen LogP contribution in [-0.2, 0) is 14.3 Å². The number of halogens is 1. The molecule has 0 saturated carbocycles. The summed E-state index contributed by atoms with van der Waals surface area (Å²) >= 11 is 5.47. The lowest BCUT2D eigenvalue weighted by Crippen LogP contribution is -2.41. The molecule has 1 aliphatic heterocycles. The van der Waals surface area contributed by atoms with E-state index in [-0.39, 0.29) is 12.5 Å². The molecular formula is C8H12ClNO3. The Labute approximate surface area is 81.8 Å². The van der Waals surface area contributed by atoms with Crippen molar-refractivity contribution in [1.82, 2.24) is 5.32 Å². The van der Waals surface area contributed by atoms with Crippen molar-refractivity contribution in [1.29, 1.82) is 0 Å². The van der Waals surface area contributed by atoms with Crippen molar-refractivity contribution in [2.75, 3.05) is 19.8 Å². The fourth-order valence-corrected chi connectivity index (χ4v) is 0.972. The summed E-state index contributed by atoms with van der Waals surface area (Å²) in [7, 11) is 0. The van der Waals surface area contributed by atoms with Crippen molar-refractivity contribution in [3.05, 3.63) is 11.6 Å². The summed E-state index contributed by atoms with van der Waals surface area (Å²) in [5.74, 6) is -0.304. The summed E-state index contributed by atoms with van der Waals surface area (Å²) in [5.41, 5.74) is 0. The minimum Gasteiger partial charge on any atom is -0.347 e. The lowest BCUT2D eigenvalue weighted by Gasteiger charge is -2.21. The highest BCUT2D eigenvalue weighted by molar-refractivity contribution is 6.29. The third-order valence-corrected chi connectivity index (χ3v) is 1.63. The summed E-state index contributed by atoms with van der Waals surface area (Å²) in [5, 5.41) is 2.91. The number of amides is 1. The van der Waals surface area contributed by atoms with Crippen LogP contribution in [0.1, 0.15) is 6.42 Å². The van der Waals surface area contributed by atoms with E-state index in [9.17, 15) is 4.79 Å². The highest BCUT2D eigenvalue weighted by Crippen LogP contribution is 2.04. The first-order chi connectivity index (χ1) is 6.20. The number of nitrogens with one attached hydrogen (secondary N) is 1. The summed E-state index contributed by atoms with van der Waals surface area (Å²) in [6, 6.07) is 0. The first kappa shape index (κ1) is 10.5. The zero-order valence-corrected chi connectivity index (χ0v) is 7.97. The summed E-state index contributed by atoms with van der Waals surface area (Å²) < 4.78 is 10.1. The molecule has 74 valence electrons. The van der Waals surface area contributed by atoms with Crippen molar-refractivity contribution in [3.63, 3.8) is 0 Å². The van der Waals surface area contributed by atoms with E-state index in [0.29, 0.717) is 18.2 Å². The van der Waals surface area contributed by atoms with Gasteiger partial charge in [-0.05, 0) is 6.42 Å². The molecule has 0 aromatic carbocycles. The number of carbonyl (C=O) groups excluding carboxylic acids is 1. The van der Waals surface area contributed by atoms with E-state index in [1.54, 1.807) is 0 Å². The topological polar surface area (TPSA) is 47.6 Å². The van der Waals surface area contributed by atoms with E-state index in [0.717, 1.165) is 6.42 Å².